The number of hydrogen-bond acceptors (Lipinski definition) is 5. The molecule has 0 unspecified atom stereocenters. The molecule has 0 spiro atoms. The van der Waals surface area contributed by atoms with Gasteiger partial charge in [-0.05, 0) is 49.7 Å². The van der Waals surface area contributed by atoms with Gasteiger partial charge in [-0.2, -0.15) is 0 Å². The van der Waals surface area contributed by atoms with E-state index in [1.165, 1.54) is 13.8 Å². The van der Waals surface area contributed by atoms with Crippen LogP contribution in [-0.2, 0) is 9.59 Å². The summed E-state index contributed by atoms with van der Waals surface area (Å²) in [6.45, 7) is 2.26. The van der Waals surface area contributed by atoms with Gasteiger partial charge in [0, 0.05) is 22.7 Å². The molecule has 0 aliphatic carbocycles. The van der Waals surface area contributed by atoms with E-state index >= 15 is 0 Å². The number of fused-ring (bicyclic) bond motifs is 1. The summed E-state index contributed by atoms with van der Waals surface area (Å²) in [7, 11) is 0. The standard InChI is InChI=1S/C22H18F4N2O6/c1-10(20(32)27-9-18(30)31)19-11(2)28(16-8-15(23)17(29)7-14(16)19)21(33)12-3-5-13(6-4-12)34-22(24,25)26/h3-8,10,29H,9H2,1-2H3,(H,27,32)(H,30,31)/t10-/m1/s1. The summed E-state index contributed by atoms with van der Waals surface area (Å²) in [4.78, 5) is 36.5. The van der Waals surface area contributed by atoms with E-state index in [1.807, 2.05) is 0 Å². The Kier molecular flexibility index (Phi) is 6.53. The molecule has 1 aromatic heterocycles. The topological polar surface area (TPSA) is 118 Å². The summed E-state index contributed by atoms with van der Waals surface area (Å²) in [5.41, 5.74) is 0.371. The fourth-order valence-electron chi connectivity index (χ4n) is 3.63. The van der Waals surface area contributed by atoms with Crippen LogP contribution in [0.3, 0.4) is 0 Å². The van der Waals surface area contributed by atoms with E-state index in [2.05, 4.69) is 10.1 Å². The van der Waals surface area contributed by atoms with Crippen molar-refractivity contribution in [3.05, 3.63) is 59.0 Å². The van der Waals surface area contributed by atoms with E-state index in [1.54, 1.807) is 0 Å². The predicted molar refractivity (Wildman–Crippen MR) is 110 cm³/mol. The van der Waals surface area contributed by atoms with Crippen LogP contribution in [0.2, 0.25) is 0 Å². The first-order valence-corrected chi connectivity index (χ1v) is 9.73. The molecule has 0 saturated carbocycles. The Balaban J connectivity index is 2.10. The smallest absolute Gasteiger partial charge is 0.505 e. The summed E-state index contributed by atoms with van der Waals surface area (Å²) in [5, 5.41) is 21.0. The number of carboxylic acids is 1. The van der Waals surface area contributed by atoms with Crippen molar-refractivity contribution in [3.8, 4) is 11.5 Å². The second-order valence-corrected chi connectivity index (χ2v) is 7.37. The number of aromatic nitrogens is 1. The highest BCUT2D eigenvalue weighted by molar-refractivity contribution is 6.05. The van der Waals surface area contributed by atoms with Crippen LogP contribution in [0.1, 0.15) is 34.5 Å². The molecule has 0 aliphatic rings. The lowest BCUT2D eigenvalue weighted by atomic mass is 9.97. The van der Waals surface area contributed by atoms with Gasteiger partial charge < -0.3 is 20.3 Å². The van der Waals surface area contributed by atoms with Gasteiger partial charge in [0.1, 0.15) is 12.3 Å². The van der Waals surface area contributed by atoms with Crippen molar-refractivity contribution in [2.45, 2.75) is 26.1 Å². The number of alkyl halides is 3. The number of phenols is 1. The number of carbonyl (C=O) groups is 3. The van der Waals surface area contributed by atoms with Crippen LogP contribution < -0.4 is 10.1 Å². The van der Waals surface area contributed by atoms with Gasteiger partial charge >= 0.3 is 12.3 Å². The first-order valence-electron chi connectivity index (χ1n) is 9.73. The number of aromatic hydroxyl groups is 1. The third-order valence-electron chi connectivity index (χ3n) is 5.10. The van der Waals surface area contributed by atoms with Crippen molar-refractivity contribution in [1.29, 1.82) is 0 Å². The summed E-state index contributed by atoms with van der Waals surface area (Å²) >= 11 is 0. The summed E-state index contributed by atoms with van der Waals surface area (Å²) < 4.78 is 56.2. The first-order chi connectivity index (χ1) is 15.8. The third-order valence-corrected chi connectivity index (χ3v) is 5.10. The van der Waals surface area contributed by atoms with Crippen LogP contribution in [-0.4, -0.2) is 45.5 Å². The molecule has 180 valence electrons. The van der Waals surface area contributed by atoms with E-state index < -0.39 is 53.9 Å². The van der Waals surface area contributed by atoms with E-state index in [4.69, 9.17) is 5.11 Å². The molecule has 12 heteroatoms. The zero-order valence-electron chi connectivity index (χ0n) is 17.7. The number of nitrogens with one attached hydrogen (secondary N) is 1. The average Bonchev–Trinajstić information content (AvgIpc) is 3.01. The number of halogens is 4. The Labute approximate surface area is 189 Å². The van der Waals surface area contributed by atoms with E-state index in [0.717, 1.165) is 41.0 Å². The summed E-state index contributed by atoms with van der Waals surface area (Å²) in [6, 6.07) is 6.00. The first kappa shape index (κ1) is 24.6. The molecular formula is C22H18F4N2O6. The minimum atomic E-state index is -4.91. The van der Waals surface area contributed by atoms with Crippen LogP contribution in [0.25, 0.3) is 10.9 Å². The zero-order valence-corrected chi connectivity index (χ0v) is 17.7. The van der Waals surface area contributed by atoms with Crippen molar-refractivity contribution >= 4 is 28.7 Å². The van der Waals surface area contributed by atoms with Crippen molar-refractivity contribution < 1.29 is 46.9 Å². The molecule has 0 aliphatic heterocycles. The van der Waals surface area contributed by atoms with Crippen molar-refractivity contribution in [3.63, 3.8) is 0 Å². The molecule has 1 atom stereocenters. The summed E-state index contributed by atoms with van der Waals surface area (Å²) in [6.07, 6.45) is -4.91. The minimum Gasteiger partial charge on any atom is -0.505 e. The van der Waals surface area contributed by atoms with Crippen LogP contribution in [0.15, 0.2) is 36.4 Å². The van der Waals surface area contributed by atoms with Crippen molar-refractivity contribution in [2.24, 2.45) is 0 Å². The molecule has 0 saturated heterocycles. The molecule has 3 N–H and O–H groups in total. The number of nitrogens with zero attached hydrogens (tertiary/aromatic N) is 1. The Morgan fingerprint density at radius 1 is 1.15 bits per heavy atom. The Hall–Kier alpha value is -4.09. The fraction of sp³-hybridized carbons (Fsp3) is 0.227. The highest BCUT2D eigenvalue weighted by Gasteiger charge is 2.31. The second-order valence-electron chi connectivity index (χ2n) is 7.37. The van der Waals surface area contributed by atoms with Gasteiger partial charge in [0.05, 0.1) is 11.4 Å². The SMILES string of the molecule is Cc1c([C@@H](C)C(=O)NCC(=O)O)c2cc(O)c(F)cc2n1C(=O)c1ccc(OC(F)(F)F)cc1. The van der Waals surface area contributed by atoms with Gasteiger partial charge in [-0.25, -0.2) is 4.39 Å². The molecule has 8 nitrogen and oxygen atoms in total. The maximum Gasteiger partial charge on any atom is 0.573 e. The Morgan fingerprint density at radius 3 is 2.32 bits per heavy atom. The summed E-state index contributed by atoms with van der Waals surface area (Å²) in [5.74, 6) is -6.01. The molecule has 3 aromatic rings. The van der Waals surface area contributed by atoms with Gasteiger partial charge in [-0.3, -0.25) is 19.0 Å². The van der Waals surface area contributed by atoms with Gasteiger partial charge in [0.25, 0.3) is 5.91 Å². The van der Waals surface area contributed by atoms with E-state index in [-0.39, 0.29) is 27.7 Å². The average molecular weight is 482 g/mol. The molecular weight excluding hydrogens is 464 g/mol. The molecule has 2 aromatic carbocycles. The number of rotatable bonds is 6. The van der Waals surface area contributed by atoms with Crippen LogP contribution in [0.4, 0.5) is 17.6 Å². The predicted octanol–water partition coefficient (Wildman–Crippen LogP) is 3.69. The quantitative estimate of drug-likeness (QED) is 0.462. The third kappa shape index (κ3) is 4.95. The molecule has 0 radical (unpaired) electrons. The lowest BCUT2D eigenvalue weighted by molar-refractivity contribution is -0.274. The maximum absolute atomic E-state index is 14.2. The van der Waals surface area contributed by atoms with Crippen LogP contribution in [0, 0.1) is 12.7 Å². The lowest BCUT2D eigenvalue weighted by Crippen LogP contribution is -2.32. The molecule has 34 heavy (non-hydrogen) atoms. The maximum atomic E-state index is 14.2. The number of phenolic OH excluding ortho intramolecular Hbond substituents is 1. The van der Waals surface area contributed by atoms with Crippen molar-refractivity contribution in [2.75, 3.05) is 6.54 Å². The lowest BCUT2D eigenvalue weighted by Gasteiger charge is -2.13. The monoisotopic (exact) mass is 482 g/mol. The van der Waals surface area contributed by atoms with Crippen molar-refractivity contribution in [1.82, 2.24) is 9.88 Å². The molecule has 1 amide bonds. The van der Waals surface area contributed by atoms with Gasteiger partial charge in [0.15, 0.2) is 11.6 Å². The Bertz CT molecular complexity index is 1280. The normalized spacial score (nSPS) is 12.4. The molecule has 3 rings (SSSR count). The highest BCUT2D eigenvalue weighted by atomic mass is 19.4. The number of carboxylic acid groups (broad SMARTS) is 1. The van der Waals surface area contributed by atoms with Gasteiger partial charge in [-0.1, -0.05) is 0 Å². The number of ether oxygens (including phenoxy) is 1. The molecule has 0 fully saturated rings. The van der Waals surface area contributed by atoms with E-state index in [9.17, 15) is 37.1 Å². The zero-order chi connectivity index (χ0) is 25.4. The number of amides is 1. The number of hydrogen-bond donors (Lipinski definition) is 3. The number of aliphatic carboxylic acids is 1. The molecule has 0 bridgehead atoms. The Morgan fingerprint density at radius 2 is 1.76 bits per heavy atom. The van der Waals surface area contributed by atoms with E-state index in [0.29, 0.717) is 0 Å². The fourth-order valence-corrected chi connectivity index (χ4v) is 3.63. The highest BCUT2D eigenvalue weighted by Crippen LogP contribution is 2.36. The van der Waals surface area contributed by atoms with Crippen LogP contribution >= 0.6 is 0 Å². The van der Waals surface area contributed by atoms with Gasteiger partial charge in [0.2, 0.25) is 5.91 Å². The molecule has 1 heterocycles. The minimum absolute atomic E-state index is 0.00121. The number of benzene rings is 2. The number of carbonyl (C=O) groups excluding carboxylic acids is 2. The second kappa shape index (κ2) is 9.04. The largest absolute Gasteiger partial charge is 0.573 e. The van der Waals surface area contributed by atoms with Crippen LogP contribution in [0.5, 0.6) is 11.5 Å². The van der Waals surface area contributed by atoms with Gasteiger partial charge in [-0.15, -0.1) is 13.2 Å².